The van der Waals surface area contributed by atoms with E-state index in [1.165, 1.54) is 30.3 Å². The molecule has 0 amide bonds. The Hall–Kier alpha value is -3.20. The van der Waals surface area contributed by atoms with Gasteiger partial charge in [0.15, 0.2) is 0 Å². The van der Waals surface area contributed by atoms with Gasteiger partial charge < -0.3 is 4.74 Å². The number of halogens is 1. The zero-order chi connectivity index (χ0) is 20.3. The summed E-state index contributed by atoms with van der Waals surface area (Å²) in [5.41, 5.74) is 0.0554. The molecule has 12 heteroatoms. The Morgan fingerprint density at radius 2 is 1.93 bits per heavy atom. The van der Waals surface area contributed by atoms with E-state index in [9.17, 15) is 23.8 Å². The van der Waals surface area contributed by atoms with Crippen molar-refractivity contribution in [3.63, 3.8) is 0 Å². The highest BCUT2D eigenvalue weighted by atomic mass is 35.5. The van der Waals surface area contributed by atoms with E-state index in [0.29, 0.717) is 11.3 Å². The molecule has 28 heavy (non-hydrogen) atoms. The van der Waals surface area contributed by atoms with Crippen LogP contribution in [0.3, 0.4) is 0 Å². The third-order valence-electron chi connectivity index (χ3n) is 3.34. The fourth-order valence-electron chi connectivity index (χ4n) is 2.14. The number of anilines is 1. The number of nitrogens with zero attached hydrogens (tertiary/aromatic N) is 3. The summed E-state index contributed by atoms with van der Waals surface area (Å²) in [5.74, 6) is 0.0300. The van der Waals surface area contributed by atoms with Gasteiger partial charge >= 0.3 is 5.00 Å². The number of para-hydroxylation sites is 1. The molecule has 0 radical (unpaired) electrons. The van der Waals surface area contributed by atoms with Crippen LogP contribution in [0.1, 0.15) is 5.56 Å². The molecule has 2 aromatic carbocycles. The summed E-state index contributed by atoms with van der Waals surface area (Å²) in [7, 11) is -4.17. The molecule has 142 valence electrons. The Balaban J connectivity index is 1.96. The predicted octanol–water partition coefficient (Wildman–Crippen LogP) is 4.17. The van der Waals surface area contributed by atoms with Gasteiger partial charge in [-0.15, -0.1) is 0 Å². The molecule has 0 aliphatic carbocycles. The standard InChI is InChI=1S/C16H9ClN4O5S2/c17-11-4-3-6-12(10(11)8-18)26-13-5-1-2-7-14(13)28(24,25)20-16-19-9-15(27-16)21(22)23/h1-7,9H,(H,19,20). The number of benzene rings is 2. The molecule has 1 N–H and O–H groups in total. The van der Waals surface area contributed by atoms with Crippen molar-refractivity contribution in [1.82, 2.24) is 4.98 Å². The highest BCUT2D eigenvalue weighted by molar-refractivity contribution is 7.93. The van der Waals surface area contributed by atoms with E-state index in [-0.39, 0.29) is 37.1 Å². The molecule has 3 rings (SSSR count). The number of nitro groups is 1. The fraction of sp³-hybridized carbons (Fsp3) is 0. The van der Waals surface area contributed by atoms with Gasteiger partial charge in [0.05, 0.1) is 9.95 Å². The van der Waals surface area contributed by atoms with Gasteiger partial charge in [0, 0.05) is 0 Å². The summed E-state index contributed by atoms with van der Waals surface area (Å²) in [4.78, 5) is 13.5. The summed E-state index contributed by atoms with van der Waals surface area (Å²) in [6.07, 6.45) is 0.954. The maximum atomic E-state index is 12.7. The van der Waals surface area contributed by atoms with Gasteiger partial charge in [0.25, 0.3) is 10.0 Å². The largest absolute Gasteiger partial charge is 0.454 e. The second-order valence-electron chi connectivity index (χ2n) is 5.14. The molecule has 0 unspecified atom stereocenters. The summed E-state index contributed by atoms with van der Waals surface area (Å²) < 4.78 is 33.3. The minimum absolute atomic E-state index is 0.0554. The third kappa shape index (κ3) is 4.04. The number of nitrogens with one attached hydrogen (secondary N) is 1. The molecule has 0 aliphatic heterocycles. The molecule has 0 fully saturated rings. The second kappa shape index (κ2) is 7.81. The van der Waals surface area contributed by atoms with Gasteiger partial charge in [-0.3, -0.25) is 14.8 Å². The normalized spacial score (nSPS) is 10.9. The number of aromatic nitrogens is 1. The van der Waals surface area contributed by atoms with Crippen LogP contribution in [-0.2, 0) is 10.0 Å². The number of hydrogen-bond donors (Lipinski definition) is 1. The number of sulfonamides is 1. The molecule has 0 bridgehead atoms. The van der Waals surface area contributed by atoms with E-state index in [0.717, 1.165) is 6.20 Å². The molecule has 9 nitrogen and oxygen atoms in total. The average Bonchev–Trinajstić information content (AvgIpc) is 3.10. The Kier molecular flexibility index (Phi) is 5.46. The van der Waals surface area contributed by atoms with Crippen LogP contribution in [0.5, 0.6) is 11.5 Å². The summed E-state index contributed by atoms with van der Waals surface area (Å²) in [6, 6.07) is 12.2. The van der Waals surface area contributed by atoms with Crippen molar-refractivity contribution in [3.05, 3.63) is 69.4 Å². The van der Waals surface area contributed by atoms with Crippen LogP contribution in [0.15, 0.2) is 53.6 Å². The predicted molar refractivity (Wildman–Crippen MR) is 102 cm³/mol. The molecule has 0 saturated heterocycles. The molecule has 0 saturated carbocycles. The highest BCUT2D eigenvalue weighted by Gasteiger charge is 2.23. The van der Waals surface area contributed by atoms with Gasteiger partial charge in [-0.25, -0.2) is 13.4 Å². The van der Waals surface area contributed by atoms with E-state index >= 15 is 0 Å². The van der Waals surface area contributed by atoms with E-state index in [2.05, 4.69) is 9.71 Å². The minimum atomic E-state index is -4.17. The molecular formula is C16H9ClN4O5S2. The first-order valence-corrected chi connectivity index (χ1v) is 10.1. The maximum absolute atomic E-state index is 12.7. The topological polar surface area (TPSA) is 135 Å². The van der Waals surface area contributed by atoms with Crippen LogP contribution in [0.4, 0.5) is 10.1 Å². The van der Waals surface area contributed by atoms with E-state index in [1.807, 2.05) is 6.07 Å². The molecule has 0 aliphatic rings. The van der Waals surface area contributed by atoms with Crippen LogP contribution in [0.25, 0.3) is 0 Å². The lowest BCUT2D eigenvalue weighted by Crippen LogP contribution is -2.13. The fourth-order valence-corrected chi connectivity index (χ4v) is 4.35. The van der Waals surface area contributed by atoms with Crippen LogP contribution in [0.2, 0.25) is 5.02 Å². The SMILES string of the molecule is N#Cc1c(Cl)cccc1Oc1ccccc1S(=O)(=O)Nc1ncc([N+](=O)[O-])s1. The second-order valence-corrected chi connectivity index (χ2v) is 8.21. The van der Waals surface area contributed by atoms with Gasteiger partial charge in [-0.1, -0.05) is 29.8 Å². The van der Waals surface area contributed by atoms with Crippen LogP contribution < -0.4 is 9.46 Å². The minimum Gasteiger partial charge on any atom is -0.454 e. The van der Waals surface area contributed by atoms with Crippen molar-refractivity contribution >= 4 is 43.1 Å². The first kappa shape index (κ1) is 19.6. The van der Waals surface area contributed by atoms with Crippen molar-refractivity contribution < 1.29 is 18.1 Å². The van der Waals surface area contributed by atoms with Gasteiger partial charge in [0.1, 0.15) is 34.2 Å². The number of hydrogen-bond acceptors (Lipinski definition) is 8. The summed E-state index contributed by atoms with van der Waals surface area (Å²) in [6.45, 7) is 0. The molecule has 3 aromatic rings. The number of ether oxygens (including phenoxy) is 1. The number of thiazole rings is 1. The highest BCUT2D eigenvalue weighted by Crippen LogP contribution is 2.34. The van der Waals surface area contributed by atoms with E-state index in [1.54, 1.807) is 12.1 Å². The first-order chi connectivity index (χ1) is 13.3. The Morgan fingerprint density at radius 1 is 1.21 bits per heavy atom. The van der Waals surface area contributed by atoms with E-state index in [4.69, 9.17) is 16.3 Å². The third-order valence-corrected chi connectivity index (χ3v) is 6.03. The number of rotatable bonds is 6. The van der Waals surface area contributed by atoms with Crippen molar-refractivity contribution in [2.45, 2.75) is 4.90 Å². The van der Waals surface area contributed by atoms with Crippen molar-refractivity contribution in [1.29, 1.82) is 5.26 Å². The van der Waals surface area contributed by atoms with Crippen LogP contribution in [0, 0.1) is 21.4 Å². The lowest BCUT2D eigenvalue weighted by Gasteiger charge is -2.13. The van der Waals surface area contributed by atoms with E-state index < -0.39 is 14.9 Å². The van der Waals surface area contributed by atoms with Gasteiger partial charge in [-0.2, -0.15) is 5.26 Å². The van der Waals surface area contributed by atoms with Crippen LogP contribution >= 0.6 is 22.9 Å². The molecular weight excluding hydrogens is 428 g/mol. The molecule has 1 heterocycles. The summed E-state index contributed by atoms with van der Waals surface area (Å²) >= 11 is 6.54. The Bertz CT molecular complexity index is 1200. The zero-order valence-electron chi connectivity index (χ0n) is 13.7. The zero-order valence-corrected chi connectivity index (χ0v) is 16.1. The smallest absolute Gasteiger partial charge is 0.345 e. The molecule has 0 atom stereocenters. The van der Waals surface area contributed by atoms with Gasteiger partial charge in [-0.05, 0) is 35.6 Å². The van der Waals surface area contributed by atoms with Crippen molar-refractivity contribution in [3.8, 4) is 17.6 Å². The van der Waals surface area contributed by atoms with Crippen molar-refractivity contribution in [2.24, 2.45) is 0 Å². The summed E-state index contributed by atoms with van der Waals surface area (Å²) in [5, 5.41) is 19.7. The Labute approximate surface area is 168 Å². The number of nitriles is 1. The first-order valence-electron chi connectivity index (χ1n) is 7.40. The molecule has 0 spiro atoms. The average molecular weight is 437 g/mol. The lowest BCUT2D eigenvalue weighted by atomic mass is 10.2. The molecule has 1 aromatic heterocycles. The quantitative estimate of drug-likeness (QED) is 0.452. The Morgan fingerprint density at radius 3 is 2.61 bits per heavy atom. The van der Waals surface area contributed by atoms with Gasteiger partial charge in [0.2, 0.25) is 5.13 Å². The lowest BCUT2D eigenvalue weighted by molar-refractivity contribution is -0.380. The maximum Gasteiger partial charge on any atom is 0.345 e. The van der Waals surface area contributed by atoms with Crippen molar-refractivity contribution in [2.75, 3.05) is 4.72 Å². The monoisotopic (exact) mass is 436 g/mol. The van der Waals surface area contributed by atoms with Crippen LogP contribution in [-0.4, -0.2) is 18.3 Å².